The lowest BCUT2D eigenvalue weighted by Gasteiger charge is -2.03. The highest BCUT2D eigenvalue weighted by molar-refractivity contribution is 5.88. The molecule has 0 rings (SSSR count). The van der Waals surface area contributed by atoms with Gasteiger partial charge in [0.05, 0.1) is 6.42 Å². The van der Waals surface area contributed by atoms with Gasteiger partial charge in [-0.1, -0.05) is 6.92 Å². The number of carboxylic acids is 2. The van der Waals surface area contributed by atoms with Crippen LogP contribution in [0.15, 0.2) is 11.1 Å². The lowest BCUT2D eigenvalue weighted by Crippen LogP contribution is -2.05. The molecule has 0 aromatic rings. The van der Waals surface area contributed by atoms with Gasteiger partial charge in [0.25, 0.3) is 0 Å². The second kappa shape index (κ2) is 4.54. The Labute approximate surface area is 70.5 Å². The van der Waals surface area contributed by atoms with Crippen molar-refractivity contribution in [3.05, 3.63) is 11.1 Å². The fourth-order valence-corrected chi connectivity index (χ4v) is 0.857. The summed E-state index contributed by atoms with van der Waals surface area (Å²) >= 11 is 0. The van der Waals surface area contributed by atoms with Gasteiger partial charge in [0.15, 0.2) is 0 Å². The zero-order valence-electron chi connectivity index (χ0n) is 7.13. The Hall–Kier alpha value is -1.32. The fraction of sp³-hybridized carbons (Fsp3) is 0.500. The van der Waals surface area contributed by atoms with Crippen LogP contribution in [0.2, 0.25) is 0 Å². The SMILES string of the molecule is CCC(CC(=O)O)=C(C)C(=O)O. The van der Waals surface area contributed by atoms with Crippen LogP contribution in [0.1, 0.15) is 26.7 Å². The first-order valence-electron chi connectivity index (χ1n) is 3.62. The van der Waals surface area contributed by atoms with Gasteiger partial charge < -0.3 is 10.2 Å². The van der Waals surface area contributed by atoms with E-state index < -0.39 is 11.9 Å². The molecule has 0 aliphatic carbocycles. The molecule has 0 saturated heterocycles. The number of hydrogen-bond donors (Lipinski definition) is 2. The minimum absolute atomic E-state index is 0.139. The Kier molecular flexibility index (Phi) is 4.04. The molecule has 0 saturated carbocycles. The molecule has 4 nitrogen and oxygen atoms in total. The van der Waals surface area contributed by atoms with E-state index in [1.54, 1.807) is 6.92 Å². The minimum Gasteiger partial charge on any atom is -0.481 e. The van der Waals surface area contributed by atoms with E-state index in [0.29, 0.717) is 12.0 Å². The molecule has 0 bridgehead atoms. The second-order valence-corrected chi connectivity index (χ2v) is 2.46. The van der Waals surface area contributed by atoms with E-state index in [-0.39, 0.29) is 12.0 Å². The normalized spacial score (nSPS) is 12.2. The highest BCUT2D eigenvalue weighted by Gasteiger charge is 2.10. The topological polar surface area (TPSA) is 74.6 Å². The van der Waals surface area contributed by atoms with Gasteiger partial charge >= 0.3 is 11.9 Å². The molecule has 0 atom stereocenters. The molecule has 0 aliphatic heterocycles. The van der Waals surface area contributed by atoms with Crippen molar-refractivity contribution in [2.75, 3.05) is 0 Å². The maximum atomic E-state index is 10.4. The summed E-state index contributed by atoms with van der Waals surface area (Å²) in [6.07, 6.45) is 0.277. The third-order valence-corrected chi connectivity index (χ3v) is 1.64. The first kappa shape index (κ1) is 10.7. The predicted octanol–water partition coefficient (Wildman–Crippen LogP) is 1.27. The molecule has 0 amide bonds. The molecule has 0 radical (unpaired) electrons. The van der Waals surface area contributed by atoms with Crippen LogP contribution in [-0.4, -0.2) is 22.2 Å². The van der Waals surface area contributed by atoms with Crippen LogP contribution in [0.3, 0.4) is 0 Å². The monoisotopic (exact) mass is 172 g/mol. The van der Waals surface area contributed by atoms with Crippen molar-refractivity contribution in [2.24, 2.45) is 0 Å². The summed E-state index contributed by atoms with van der Waals surface area (Å²) in [4.78, 5) is 20.7. The van der Waals surface area contributed by atoms with Crippen molar-refractivity contribution >= 4 is 11.9 Å². The van der Waals surface area contributed by atoms with Crippen molar-refractivity contribution in [3.63, 3.8) is 0 Å². The third-order valence-electron chi connectivity index (χ3n) is 1.64. The van der Waals surface area contributed by atoms with E-state index in [0.717, 1.165) is 0 Å². The summed E-state index contributed by atoms with van der Waals surface area (Å²) in [5.41, 5.74) is 0.606. The summed E-state index contributed by atoms with van der Waals surface area (Å²) in [5, 5.41) is 17.0. The Morgan fingerprint density at radius 3 is 2.00 bits per heavy atom. The number of rotatable bonds is 4. The van der Waals surface area contributed by atoms with Crippen LogP contribution in [0.4, 0.5) is 0 Å². The molecule has 0 aromatic carbocycles. The number of carbonyl (C=O) groups is 2. The van der Waals surface area contributed by atoms with Gasteiger partial charge in [-0.25, -0.2) is 4.79 Å². The van der Waals surface area contributed by atoms with E-state index in [4.69, 9.17) is 10.2 Å². The number of carboxylic acid groups (broad SMARTS) is 2. The standard InChI is InChI=1S/C8H12O4/c1-3-6(4-7(9)10)5(2)8(11)12/h3-4H2,1-2H3,(H,9,10)(H,11,12). The fourth-order valence-electron chi connectivity index (χ4n) is 0.857. The summed E-state index contributed by atoms with van der Waals surface area (Å²) in [6.45, 7) is 3.16. The van der Waals surface area contributed by atoms with Crippen molar-refractivity contribution in [1.82, 2.24) is 0 Å². The molecule has 0 aromatic heterocycles. The van der Waals surface area contributed by atoms with Crippen molar-refractivity contribution in [1.29, 1.82) is 0 Å². The molecule has 0 unspecified atom stereocenters. The molecule has 68 valence electrons. The predicted molar refractivity (Wildman–Crippen MR) is 42.9 cm³/mol. The average Bonchev–Trinajstić information content (AvgIpc) is 1.98. The van der Waals surface area contributed by atoms with E-state index >= 15 is 0 Å². The van der Waals surface area contributed by atoms with Gasteiger partial charge in [0.1, 0.15) is 0 Å². The van der Waals surface area contributed by atoms with E-state index in [1.165, 1.54) is 6.92 Å². The van der Waals surface area contributed by atoms with Gasteiger partial charge in [-0.15, -0.1) is 0 Å². The summed E-state index contributed by atoms with van der Waals surface area (Å²) in [5.74, 6) is -2.04. The highest BCUT2D eigenvalue weighted by Crippen LogP contribution is 2.12. The maximum absolute atomic E-state index is 10.4. The third kappa shape index (κ3) is 3.18. The maximum Gasteiger partial charge on any atom is 0.331 e. The van der Waals surface area contributed by atoms with E-state index in [2.05, 4.69) is 0 Å². The van der Waals surface area contributed by atoms with Gasteiger partial charge in [-0.05, 0) is 18.9 Å². The first-order valence-corrected chi connectivity index (χ1v) is 3.62. The zero-order valence-corrected chi connectivity index (χ0v) is 7.13. The van der Waals surface area contributed by atoms with Crippen molar-refractivity contribution in [2.45, 2.75) is 26.7 Å². The van der Waals surface area contributed by atoms with Gasteiger partial charge in [-0.2, -0.15) is 0 Å². The highest BCUT2D eigenvalue weighted by atomic mass is 16.4. The molecule has 4 heteroatoms. The molecule has 12 heavy (non-hydrogen) atoms. The first-order chi connectivity index (χ1) is 5.49. The van der Waals surface area contributed by atoms with Crippen molar-refractivity contribution in [3.8, 4) is 0 Å². The van der Waals surface area contributed by atoms with Crippen LogP contribution in [-0.2, 0) is 9.59 Å². The summed E-state index contributed by atoms with van der Waals surface area (Å²) in [7, 11) is 0. The quantitative estimate of drug-likeness (QED) is 0.626. The van der Waals surface area contributed by atoms with Crippen LogP contribution in [0.25, 0.3) is 0 Å². The molecular formula is C8H12O4. The molecule has 0 spiro atoms. The Bertz CT molecular complexity index is 227. The van der Waals surface area contributed by atoms with E-state index in [1.807, 2.05) is 0 Å². The number of aliphatic carboxylic acids is 2. The largest absolute Gasteiger partial charge is 0.481 e. The Morgan fingerprint density at radius 1 is 1.25 bits per heavy atom. The van der Waals surface area contributed by atoms with Gasteiger partial charge in [0.2, 0.25) is 0 Å². The van der Waals surface area contributed by atoms with Crippen LogP contribution >= 0.6 is 0 Å². The lowest BCUT2D eigenvalue weighted by atomic mass is 10.0. The van der Waals surface area contributed by atoms with Crippen LogP contribution in [0.5, 0.6) is 0 Å². The minimum atomic E-state index is -1.05. The molecular weight excluding hydrogens is 160 g/mol. The van der Waals surface area contributed by atoms with Crippen LogP contribution < -0.4 is 0 Å². The van der Waals surface area contributed by atoms with Gasteiger partial charge in [0, 0.05) is 5.57 Å². The Balaban J connectivity index is 4.61. The number of hydrogen-bond acceptors (Lipinski definition) is 2. The summed E-state index contributed by atoms with van der Waals surface area (Å²) < 4.78 is 0. The molecule has 2 N–H and O–H groups in total. The van der Waals surface area contributed by atoms with E-state index in [9.17, 15) is 9.59 Å². The zero-order chi connectivity index (χ0) is 9.72. The smallest absolute Gasteiger partial charge is 0.331 e. The lowest BCUT2D eigenvalue weighted by molar-refractivity contribution is -0.136. The summed E-state index contributed by atoms with van der Waals surface area (Å²) in [6, 6.07) is 0. The molecule has 0 fully saturated rings. The van der Waals surface area contributed by atoms with Crippen LogP contribution in [0, 0.1) is 0 Å². The average molecular weight is 172 g/mol. The Morgan fingerprint density at radius 2 is 1.75 bits per heavy atom. The molecule has 0 aliphatic rings. The van der Waals surface area contributed by atoms with Gasteiger partial charge in [-0.3, -0.25) is 4.79 Å². The second-order valence-electron chi connectivity index (χ2n) is 2.46. The molecule has 0 heterocycles. The van der Waals surface area contributed by atoms with Crippen molar-refractivity contribution < 1.29 is 19.8 Å².